The minimum absolute atomic E-state index is 0.492. The van der Waals surface area contributed by atoms with Crippen LogP contribution >= 0.6 is 0 Å². The van der Waals surface area contributed by atoms with Crippen molar-refractivity contribution < 1.29 is 8.85 Å². The van der Waals surface area contributed by atoms with Crippen LogP contribution in [-0.2, 0) is 8.85 Å². The average Bonchev–Trinajstić information content (AvgIpc) is 2.30. The predicted molar refractivity (Wildman–Crippen MR) is 74.5 cm³/mol. The lowest BCUT2D eigenvalue weighted by Gasteiger charge is -2.28. The Bertz CT molecular complexity index is 307. The molecule has 0 fully saturated rings. The van der Waals surface area contributed by atoms with E-state index in [0.717, 1.165) is 19.3 Å². The Morgan fingerprint density at radius 3 is 2.06 bits per heavy atom. The van der Waals surface area contributed by atoms with Gasteiger partial charge in [-0.05, 0) is 37.9 Å². The Kier molecular flexibility index (Phi) is 5.89. The molecule has 0 bridgehead atoms. The summed E-state index contributed by atoms with van der Waals surface area (Å²) in [6.45, 7) is 9.97. The van der Waals surface area contributed by atoms with Gasteiger partial charge in [0.1, 0.15) is 0 Å². The summed E-state index contributed by atoms with van der Waals surface area (Å²) in [4.78, 5) is 0. The van der Waals surface area contributed by atoms with Gasteiger partial charge in [0.05, 0.1) is 0 Å². The molecule has 1 aromatic rings. The fourth-order valence-electron chi connectivity index (χ4n) is 2.23. The van der Waals surface area contributed by atoms with Gasteiger partial charge in [0.25, 0.3) is 0 Å². The molecule has 0 N–H and O–H groups in total. The lowest BCUT2D eigenvalue weighted by molar-refractivity contribution is 0.187. The zero-order chi connectivity index (χ0) is 12.7. The third kappa shape index (κ3) is 4.62. The van der Waals surface area contributed by atoms with Crippen molar-refractivity contribution in [2.45, 2.75) is 39.3 Å². The van der Waals surface area contributed by atoms with Crippen LogP contribution in [0.15, 0.2) is 30.3 Å². The maximum atomic E-state index is 5.88. The molecule has 3 heteroatoms. The summed E-state index contributed by atoms with van der Waals surface area (Å²) in [5, 5.41) is 0. The van der Waals surface area contributed by atoms with Crippen molar-refractivity contribution in [1.82, 2.24) is 0 Å². The summed E-state index contributed by atoms with van der Waals surface area (Å²) in [6, 6.07) is 11.6. The topological polar surface area (TPSA) is 18.5 Å². The van der Waals surface area contributed by atoms with E-state index in [0.29, 0.717) is 5.92 Å². The maximum absolute atomic E-state index is 5.88. The highest BCUT2D eigenvalue weighted by Gasteiger charge is 2.33. The van der Waals surface area contributed by atoms with Gasteiger partial charge in [-0.15, -0.1) is 0 Å². The molecular formula is C14H24O2Si. The highest BCUT2D eigenvalue weighted by molar-refractivity contribution is 6.66. The molecule has 1 aromatic carbocycles. The normalized spacial score (nSPS) is 13.6. The van der Waals surface area contributed by atoms with E-state index in [9.17, 15) is 0 Å². The fraction of sp³-hybridized carbons (Fsp3) is 0.571. The molecule has 0 heterocycles. The number of hydrogen-bond acceptors (Lipinski definition) is 2. The van der Waals surface area contributed by atoms with Crippen LogP contribution in [0.1, 0.15) is 32.3 Å². The minimum Gasteiger partial charge on any atom is -0.395 e. The molecule has 1 rings (SSSR count). The van der Waals surface area contributed by atoms with Crippen LogP contribution in [-0.4, -0.2) is 21.8 Å². The molecule has 2 nitrogen and oxygen atoms in total. The van der Waals surface area contributed by atoms with E-state index in [2.05, 4.69) is 43.8 Å². The van der Waals surface area contributed by atoms with E-state index in [1.807, 2.05) is 13.8 Å². The summed E-state index contributed by atoms with van der Waals surface area (Å²) < 4.78 is 11.8. The fourth-order valence-corrected chi connectivity index (χ4v) is 5.11. The van der Waals surface area contributed by atoms with Crippen LogP contribution in [0.25, 0.3) is 0 Å². The quantitative estimate of drug-likeness (QED) is 0.684. The zero-order valence-electron chi connectivity index (χ0n) is 11.4. The highest BCUT2D eigenvalue weighted by Crippen LogP contribution is 2.27. The number of hydrogen-bond donors (Lipinski definition) is 0. The van der Waals surface area contributed by atoms with Crippen molar-refractivity contribution in [2.24, 2.45) is 0 Å². The van der Waals surface area contributed by atoms with Gasteiger partial charge in [0.15, 0.2) is 0 Å². The SMILES string of the molecule is CCO[Si](C)(CC(C)c1ccccc1)OCC. The van der Waals surface area contributed by atoms with Gasteiger partial charge in [0.2, 0.25) is 0 Å². The molecule has 0 radical (unpaired) electrons. The summed E-state index contributed by atoms with van der Waals surface area (Å²) in [7, 11) is -2.00. The predicted octanol–water partition coefficient (Wildman–Crippen LogP) is 3.94. The maximum Gasteiger partial charge on any atom is 0.335 e. The van der Waals surface area contributed by atoms with E-state index in [4.69, 9.17) is 8.85 Å². The van der Waals surface area contributed by atoms with E-state index < -0.39 is 8.56 Å². The van der Waals surface area contributed by atoms with E-state index in [1.165, 1.54) is 5.56 Å². The second kappa shape index (κ2) is 6.94. The summed E-state index contributed by atoms with van der Waals surface area (Å²) in [5.74, 6) is 0.492. The molecular weight excluding hydrogens is 228 g/mol. The van der Waals surface area contributed by atoms with Crippen LogP contribution in [0.2, 0.25) is 12.6 Å². The summed E-state index contributed by atoms with van der Waals surface area (Å²) >= 11 is 0. The van der Waals surface area contributed by atoms with Crippen LogP contribution in [0.5, 0.6) is 0 Å². The van der Waals surface area contributed by atoms with Crippen molar-refractivity contribution in [2.75, 3.05) is 13.2 Å². The lowest BCUT2D eigenvalue weighted by Crippen LogP contribution is -2.39. The van der Waals surface area contributed by atoms with Crippen LogP contribution in [0.4, 0.5) is 0 Å². The second-order valence-corrected chi connectivity index (χ2v) is 7.77. The van der Waals surface area contributed by atoms with E-state index >= 15 is 0 Å². The largest absolute Gasteiger partial charge is 0.395 e. The van der Waals surface area contributed by atoms with E-state index in [1.54, 1.807) is 0 Å². The van der Waals surface area contributed by atoms with Gasteiger partial charge in [-0.25, -0.2) is 0 Å². The zero-order valence-corrected chi connectivity index (χ0v) is 12.4. The summed E-state index contributed by atoms with van der Waals surface area (Å²) in [5.41, 5.74) is 1.37. The molecule has 0 aliphatic rings. The van der Waals surface area contributed by atoms with Crippen molar-refractivity contribution in [3.8, 4) is 0 Å². The summed E-state index contributed by atoms with van der Waals surface area (Å²) in [6.07, 6.45) is 0. The second-order valence-electron chi connectivity index (χ2n) is 4.52. The Morgan fingerprint density at radius 2 is 1.59 bits per heavy atom. The van der Waals surface area contributed by atoms with E-state index in [-0.39, 0.29) is 0 Å². The third-order valence-electron chi connectivity index (χ3n) is 2.94. The first-order valence-electron chi connectivity index (χ1n) is 6.44. The minimum atomic E-state index is -2.00. The first-order valence-corrected chi connectivity index (χ1v) is 8.96. The van der Waals surface area contributed by atoms with Crippen molar-refractivity contribution in [3.05, 3.63) is 35.9 Å². The smallest absolute Gasteiger partial charge is 0.335 e. The molecule has 0 spiro atoms. The monoisotopic (exact) mass is 252 g/mol. The van der Waals surface area contributed by atoms with Gasteiger partial charge >= 0.3 is 8.56 Å². The van der Waals surface area contributed by atoms with Gasteiger partial charge in [-0.3, -0.25) is 0 Å². The highest BCUT2D eigenvalue weighted by atomic mass is 28.4. The molecule has 0 amide bonds. The average molecular weight is 252 g/mol. The third-order valence-corrected chi connectivity index (χ3v) is 6.10. The molecule has 0 saturated heterocycles. The first kappa shape index (κ1) is 14.4. The first-order chi connectivity index (χ1) is 8.11. The molecule has 0 saturated carbocycles. The van der Waals surface area contributed by atoms with Crippen molar-refractivity contribution in [3.63, 3.8) is 0 Å². The lowest BCUT2D eigenvalue weighted by atomic mass is 10.0. The standard InChI is InChI=1S/C14H24O2Si/c1-5-15-17(4,16-6-2)12-13(3)14-10-8-7-9-11-14/h7-11,13H,5-6,12H2,1-4H3. The molecule has 0 aliphatic heterocycles. The molecule has 0 aliphatic carbocycles. The van der Waals surface area contributed by atoms with Gasteiger partial charge in [0, 0.05) is 13.2 Å². The molecule has 1 atom stereocenters. The Balaban J connectivity index is 2.67. The van der Waals surface area contributed by atoms with Crippen LogP contribution in [0.3, 0.4) is 0 Å². The molecule has 17 heavy (non-hydrogen) atoms. The van der Waals surface area contributed by atoms with Gasteiger partial charge in [-0.1, -0.05) is 37.3 Å². The number of benzene rings is 1. The number of rotatable bonds is 7. The van der Waals surface area contributed by atoms with Gasteiger partial charge < -0.3 is 8.85 Å². The Labute approximate surface area is 106 Å². The van der Waals surface area contributed by atoms with Crippen molar-refractivity contribution in [1.29, 1.82) is 0 Å². The Hall–Kier alpha value is -0.643. The van der Waals surface area contributed by atoms with Crippen molar-refractivity contribution >= 4 is 8.56 Å². The van der Waals surface area contributed by atoms with Crippen LogP contribution in [0, 0.1) is 0 Å². The Morgan fingerprint density at radius 1 is 1.06 bits per heavy atom. The molecule has 1 unspecified atom stereocenters. The van der Waals surface area contributed by atoms with Gasteiger partial charge in [-0.2, -0.15) is 0 Å². The molecule has 96 valence electrons. The molecule has 0 aromatic heterocycles. The van der Waals surface area contributed by atoms with Crippen LogP contribution < -0.4 is 0 Å².